The van der Waals surface area contributed by atoms with Crippen molar-refractivity contribution in [3.05, 3.63) is 66.8 Å². The number of phenolic OH excluding ortho intramolecular Hbond substituents is 1. The third-order valence-corrected chi connectivity index (χ3v) is 2.41. The lowest BCUT2D eigenvalue weighted by atomic mass is 9.94. The van der Waals surface area contributed by atoms with Gasteiger partial charge in [-0.1, -0.05) is 24.3 Å². The molecule has 0 atom stereocenters. The summed E-state index contributed by atoms with van der Waals surface area (Å²) in [6, 6.07) is 4.46. The molecule has 0 aliphatic heterocycles. The predicted octanol–water partition coefficient (Wildman–Crippen LogP) is 2.70. The molecular weight excluding hydrogens is 256 g/mol. The van der Waals surface area contributed by atoms with Crippen molar-refractivity contribution in [2.24, 2.45) is 0 Å². The minimum Gasteiger partial charge on any atom is -0.507 e. The summed E-state index contributed by atoms with van der Waals surface area (Å²) in [5, 5.41) is 9.34. The molecule has 1 N–H and O–H groups in total. The molecule has 2 rings (SSSR count). The van der Waals surface area contributed by atoms with Crippen LogP contribution in [0.25, 0.3) is 0 Å². The van der Waals surface area contributed by atoms with Crippen molar-refractivity contribution in [1.82, 2.24) is 0 Å². The highest BCUT2D eigenvalue weighted by atomic mass is 16.5. The molecule has 4 nitrogen and oxygen atoms in total. The zero-order valence-electron chi connectivity index (χ0n) is 11.0. The molecule has 0 radical (unpaired) electrons. The average molecular weight is 272 g/mol. The van der Waals surface area contributed by atoms with E-state index in [-0.39, 0.29) is 28.4 Å². The largest absolute Gasteiger partial charge is 0.507 e. The van der Waals surface area contributed by atoms with Crippen molar-refractivity contribution in [2.45, 2.75) is 0 Å². The van der Waals surface area contributed by atoms with Crippen LogP contribution in [0, 0.1) is 0 Å². The van der Waals surface area contributed by atoms with Gasteiger partial charge in [-0.05, 0) is 18.2 Å². The second-order valence-corrected chi connectivity index (χ2v) is 3.88. The van der Waals surface area contributed by atoms with Gasteiger partial charge in [0.25, 0.3) is 0 Å². The van der Waals surface area contributed by atoms with Gasteiger partial charge in [-0.15, -0.1) is 13.2 Å². The van der Waals surface area contributed by atoms with Crippen molar-refractivity contribution in [3.8, 4) is 5.75 Å². The number of allylic oxidation sites excluding steroid dienone is 2. The van der Waals surface area contributed by atoms with Gasteiger partial charge in [0.1, 0.15) is 5.75 Å². The summed E-state index contributed by atoms with van der Waals surface area (Å²) in [6.07, 6.45) is 5.81. The fourth-order valence-corrected chi connectivity index (χ4v) is 1.56. The number of aromatic hydroxyl groups is 1. The summed E-state index contributed by atoms with van der Waals surface area (Å²) in [6.45, 7) is 8.18. The topological polar surface area (TPSA) is 63.6 Å². The molecule has 0 spiro atoms. The minimum atomic E-state index is -0.326. The van der Waals surface area contributed by atoms with Gasteiger partial charge in [-0.25, -0.2) is 0 Å². The van der Waals surface area contributed by atoms with E-state index in [1.807, 2.05) is 0 Å². The molecule has 0 fully saturated rings. The average Bonchev–Trinajstić information content (AvgIpc) is 2.44. The highest BCUT2D eigenvalue weighted by Gasteiger charge is 2.21. The van der Waals surface area contributed by atoms with Crippen LogP contribution in [-0.2, 0) is 4.74 Å². The van der Waals surface area contributed by atoms with E-state index in [0.29, 0.717) is 13.2 Å². The Hall–Kier alpha value is -2.46. The first-order valence-corrected chi connectivity index (χ1v) is 6.00. The van der Waals surface area contributed by atoms with E-state index in [9.17, 15) is 14.7 Å². The van der Waals surface area contributed by atoms with E-state index >= 15 is 0 Å². The number of phenols is 1. The molecule has 0 heterocycles. The SMILES string of the molecule is C=CCOCC=C.O=C1C=CC(=O)c2c(O)cccc21. The monoisotopic (exact) mass is 272 g/mol. The zero-order valence-corrected chi connectivity index (χ0v) is 11.0. The van der Waals surface area contributed by atoms with Crippen molar-refractivity contribution >= 4 is 11.6 Å². The maximum absolute atomic E-state index is 11.3. The Kier molecular flexibility index (Phi) is 6.13. The Labute approximate surface area is 117 Å². The predicted molar refractivity (Wildman–Crippen MR) is 77.1 cm³/mol. The van der Waals surface area contributed by atoms with Gasteiger partial charge in [0.2, 0.25) is 0 Å². The lowest BCUT2D eigenvalue weighted by Crippen LogP contribution is -2.11. The van der Waals surface area contributed by atoms with Crippen LogP contribution in [0.15, 0.2) is 55.7 Å². The van der Waals surface area contributed by atoms with E-state index in [1.165, 1.54) is 24.3 Å². The lowest BCUT2D eigenvalue weighted by Gasteiger charge is -2.09. The van der Waals surface area contributed by atoms with Crippen molar-refractivity contribution in [1.29, 1.82) is 0 Å². The van der Waals surface area contributed by atoms with Gasteiger partial charge in [0.15, 0.2) is 11.6 Å². The quantitative estimate of drug-likeness (QED) is 0.676. The molecule has 0 aromatic heterocycles. The molecule has 20 heavy (non-hydrogen) atoms. The number of fused-ring (bicyclic) bond motifs is 1. The summed E-state index contributed by atoms with van der Waals surface area (Å²) in [4.78, 5) is 22.5. The molecule has 1 aromatic rings. The number of carbonyl (C=O) groups is 2. The summed E-state index contributed by atoms with van der Waals surface area (Å²) in [7, 11) is 0. The first kappa shape index (κ1) is 15.6. The molecule has 1 aromatic carbocycles. The minimum absolute atomic E-state index is 0.106. The summed E-state index contributed by atoms with van der Waals surface area (Å²) < 4.78 is 4.90. The van der Waals surface area contributed by atoms with Crippen LogP contribution < -0.4 is 0 Å². The van der Waals surface area contributed by atoms with Gasteiger partial charge in [-0.3, -0.25) is 9.59 Å². The number of ether oxygens (including phenoxy) is 1. The molecule has 4 heteroatoms. The first-order valence-electron chi connectivity index (χ1n) is 6.00. The van der Waals surface area contributed by atoms with Gasteiger partial charge >= 0.3 is 0 Å². The fourth-order valence-electron chi connectivity index (χ4n) is 1.56. The third kappa shape index (κ3) is 4.03. The Bertz CT molecular complexity index is 548. The summed E-state index contributed by atoms with van der Waals surface area (Å²) in [5.74, 6) is -0.710. The van der Waals surface area contributed by atoms with E-state index in [1.54, 1.807) is 18.2 Å². The highest BCUT2D eigenvalue weighted by molar-refractivity contribution is 6.23. The van der Waals surface area contributed by atoms with Crippen molar-refractivity contribution in [3.63, 3.8) is 0 Å². The van der Waals surface area contributed by atoms with Gasteiger partial charge in [0, 0.05) is 5.56 Å². The van der Waals surface area contributed by atoms with Crippen LogP contribution in [0.1, 0.15) is 20.7 Å². The first-order chi connectivity index (χ1) is 9.61. The summed E-state index contributed by atoms with van der Waals surface area (Å²) in [5.41, 5.74) is 0.377. The van der Waals surface area contributed by atoms with Gasteiger partial charge in [-0.2, -0.15) is 0 Å². The van der Waals surface area contributed by atoms with Gasteiger partial charge in [0.05, 0.1) is 18.8 Å². The Balaban J connectivity index is 0.000000246. The van der Waals surface area contributed by atoms with E-state index in [4.69, 9.17) is 4.74 Å². The van der Waals surface area contributed by atoms with Gasteiger partial charge < -0.3 is 9.84 Å². The number of hydrogen-bond donors (Lipinski definition) is 1. The van der Waals surface area contributed by atoms with Crippen LogP contribution in [0.2, 0.25) is 0 Å². The molecule has 0 saturated heterocycles. The van der Waals surface area contributed by atoms with Crippen LogP contribution in [0.4, 0.5) is 0 Å². The smallest absolute Gasteiger partial charge is 0.190 e. The van der Waals surface area contributed by atoms with Crippen LogP contribution in [0.5, 0.6) is 5.75 Å². The number of rotatable bonds is 4. The molecule has 104 valence electrons. The Morgan fingerprint density at radius 1 is 1.05 bits per heavy atom. The van der Waals surface area contributed by atoms with Crippen LogP contribution in [-0.4, -0.2) is 29.9 Å². The fraction of sp³-hybridized carbons (Fsp3) is 0.125. The Morgan fingerprint density at radius 3 is 2.20 bits per heavy atom. The number of benzene rings is 1. The van der Waals surface area contributed by atoms with E-state index in [0.717, 1.165) is 0 Å². The number of ketones is 2. The third-order valence-electron chi connectivity index (χ3n) is 2.41. The lowest BCUT2D eigenvalue weighted by molar-refractivity contribution is 0.0991. The van der Waals surface area contributed by atoms with Crippen molar-refractivity contribution < 1.29 is 19.4 Å². The second-order valence-electron chi connectivity index (χ2n) is 3.88. The standard InChI is InChI=1S/C10H6O3.C6H10O/c11-7-4-5-9(13)10-6(7)2-1-3-8(10)12;1-3-5-7-6-4-2/h1-5,12H;3-4H,1-2,5-6H2. The molecule has 0 amide bonds. The molecule has 0 saturated carbocycles. The molecule has 0 bridgehead atoms. The maximum Gasteiger partial charge on any atom is 0.190 e. The number of hydrogen-bond acceptors (Lipinski definition) is 4. The Morgan fingerprint density at radius 2 is 1.65 bits per heavy atom. The summed E-state index contributed by atoms with van der Waals surface area (Å²) >= 11 is 0. The van der Waals surface area contributed by atoms with Crippen LogP contribution in [0.3, 0.4) is 0 Å². The van der Waals surface area contributed by atoms with Crippen molar-refractivity contribution in [2.75, 3.05) is 13.2 Å². The van der Waals surface area contributed by atoms with Crippen LogP contribution >= 0.6 is 0 Å². The zero-order chi connectivity index (χ0) is 15.0. The molecule has 1 aliphatic carbocycles. The second kappa shape index (κ2) is 7.86. The highest BCUT2D eigenvalue weighted by Crippen LogP contribution is 2.25. The number of carbonyl (C=O) groups excluding carboxylic acids is 2. The molecule has 1 aliphatic rings. The normalized spacial score (nSPS) is 12.2. The van der Waals surface area contributed by atoms with E-state index < -0.39 is 0 Å². The maximum atomic E-state index is 11.3. The molecule has 0 unspecified atom stereocenters. The molecular formula is C16H16O4. The van der Waals surface area contributed by atoms with E-state index in [2.05, 4.69) is 13.2 Å².